The van der Waals surface area contributed by atoms with Crippen molar-refractivity contribution in [1.82, 2.24) is 0 Å². The van der Waals surface area contributed by atoms with Gasteiger partial charge in [0.1, 0.15) is 5.78 Å². The van der Waals surface area contributed by atoms with Crippen molar-refractivity contribution in [2.24, 2.45) is 0 Å². The lowest BCUT2D eigenvalue weighted by molar-refractivity contribution is -0.132. The lowest BCUT2D eigenvalue weighted by atomic mass is 9.76. The van der Waals surface area contributed by atoms with Crippen LogP contribution in [0.2, 0.25) is 0 Å². The molecule has 0 amide bonds. The minimum Gasteiger partial charge on any atom is -0.378 e. The van der Waals surface area contributed by atoms with Gasteiger partial charge in [0.25, 0.3) is 0 Å². The Bertz CT molecular complexity index is 360. The SMILES string of the molecule is COC1(CC(=O)CCc2ccccc2)CCC1. The number of carbonyl (C=O) groups excluding carboxylic acids is 1. The van der Waals surface area contributed by atoms with Crippen LogP contribution in [0.5, 0.6) is 0 Å². The molecule has 92 valence electrons. The van der Waals surface area contributed by atoms with E-state index in [2.05, 4.69) is 12.1 Å². The number of hydrogen-bond acceptors (Lipinski definition) is 2. The Balaban J connectivity index is 1.78. The molecule has 0 N–H and O–H groups in total. The predicted octanol–water partition coefficient (Wildman–Crippen LogP) is 3.15. The molecule has 2 rings (SSSR count). The number of Topliss-reactive ketones (excluding diaryl/α,β-unsaturated/α-hetero) is 1. The van der Waals surface area contributed by atoms with Crippen molar-refractivity contribution < 1.29 is 9.53 Å². The van der Waals surface area contributed by atoms with Crippen LogP contribution in [0.15, 0.2) is 30.3 Å². The summed E-state index contributed by atoms with van der Waals surface area (Å²) in [4.78, 5) is 11.9. The smallest absolute Gasteiger partial charge is 0.136 e. The lowest BCUT2D eigenvalue weighted by Gasteiger charge is -2.40. The van der Waals surface area contributed by atoms with Crippen molar-refractivity contribution >= 4 is 5.78 Å². The van der Waals surface area contributed by atoms with Gasteiger partial charge in [-0.25, -0.2) is 0 Å². The van der Waals surface area contributed by atoms with E-state index in [0.29, 0.717) is 18.6 Å². The van der Waals surface area contributed by atoms with Crippen molar-refractivity contribution in [3.63, 3.8) is 0 Å². The van der Waals surface area contributed by atoms with Gasteiger partial charge in [-0.3, -0.25) is 4.79 Å². The Morgan fingerprint density at radius 2 is 2.00 bits per heavy atom. The summed E-state index contributed by atoms with van der Waals surface area (Å²) in [6.07, 6.45) is 5.35. The normalized spacial score (nSPS) is 17.5. The topological polar surface area (TPSA) is 26.3 Å². The van der Waals surface area contributed by atoms with Crippen LogP contribution in [0.4, 0.5) is 0 Å². The molecule has 0 atom stereocenters. The van der Waals surface area contributed by atoms with Crippen LogP contribution in [0.1, 0.15) is 37.7 Å². The van der Waals surface area contributed by atoms with Crippen LogP contribution >= 0.6 is 0 Å². The number of rotatable bonds is 6. The monoisotopic (exact) mass is 232 g/mol. The lowest BCUT2D eigenvalue weighted by Crippen LogP contribution is -2.41. The van der Waals surface area contributed by atoms with Gasteiger partial charge in [0.05, 0.1) is 5.60 Å². The third-order valence-corrected chi connectivity index (χ3v) is 3.75. The zero-order valence-electron chi connectivity index (χ0n) is 10.4. The molecule has 0 bridgehead atoms. The molecule has 1 aromatic carbocycles. The van der Waals surface area contributed by atoms with Gasteiger partial charge in [-0.15, -0.1) is 0 Å². The van der Waals surface area contributed by atoms with Gasteiger partial charge in [0.2, 0.25) is 0 Å². The van der Waals surface area contributed by atoms with E-state index in [-0.39, 0.29) is 5.60 Å². The molecule has 2 heteroatoms. The van der Waals surface area contributed by atoms with Gasteiger partial charge < -0.3 is 4.74 Å². The minimum atomic E-state index is -0.117. The average molecular weight is 232 g/mol. The van der Waals surface area contributed by atoms with Crippen molar-refractivity contribution in [2.45, 2.75) is 44.1 Å². The molecule has 0 heterocycles. The minimum absolute atomic E-state index is 0.117. The highest BCUT2D eigenvalue weighted by molar-refractivity contribution is 5.79. The highest BCUT2D eigenvalue weighted by Crippen LogP contribution is 2.38. The molecular weight excluding hydrogens is 212 g/mol. The molecule has 1 aliphatic carbocycles. The number of ketones is 1. The largest absolute Gasteiger partial charge is 0.378 e. The van der Waals surface area contributed by atoms with Crippen molar-refractivity contribution in [2.75, 3.05) is 7.11 Å². The second-order valence-corrected chi connectivity index (χ2v) is 4.94. The second-order valence-electron chi connectivity index (χ2n) is 4.94. The summed E-state index contributed by atoms with van der Waals surface area (Å²) < 4.78 is 5.48. The van der Waals surface area contributed by atoms with E-state index in [4.69, 9.17) is 4.74 Å². The Kier molecular flexibility index (Phi) is 3.95. The highest BCUT2D eigenvalue weighted by atomic mass is 16.5. The fraction of sp³-hybridized carbons (Fsp3) is 0.533. The second kappa shape index (κ2) is 5.46. The Hall–Kier alpha value is -1.15. The average Bonchev–Trinajstić information content (AvgIpc) is 2.33. The molecule has 1 fully saturated rings. The van der Waals surface area contributed by atoms with Crippen LogP contribution in [-0.4, -0.2) is 18.5 Å². The molecule has 0 aromatic heterocycles. The summed E-state index contributed by atoms with van der Waals surface area (Å²) >= 11 is 0. The summed E-state index contributed by atoms with van der Waals surface area (Å²) in [6, 6.07) is 10.2. The quantitative estimate of drug-likeness (QED) is 0.753. The van der Waals surface area contributed by atoms with Crippen molar-refractivity contribution in [1.29, 1.82) is 0 Å². The molecule has 0 spiro atoms. The summed E-state index contributed by atoms with van der Waals surface area (Å²) in [5, 5.41) is 0. The maximum absolute atomic E-state index is 11.9. The van der Waals surface area contributed by atoms with Gasteiger partial charge >= 0.3 is 0 Å². The molecule has 1 aromatic rings. The van der Waals surface area contributed by atoms with E-state index < -0.39 is 0 Å². The zero-order valence-corrected chi connectivity index (χ0v) is 10.4. The number of hydrogen-bond donors (Lipinski definition) is 0. The molecular formula is C15H20O2. The van der Waals surface area contributed by atoms with E-state index >= 15 is 0 Å². The number of carbonyl (C=O) groups is 1. The van der Waals surface area contributed by atoms with Gasteiger partial charge in [-0.1, -0.05) is 30.3 Å². The molecule has 17 heavy (non-hydrogen) atoms. The number of benzene rings is 1. The van der Waals surface area contributed by atoms with Crippen LogP contribution in [0.3, 0.4) is 0 Å². The maximum atomic E-state index is 11.9. The first-order valence-electron chi connectivity index (χ1n) is 6.35. The molecule has 0 saturated heterocycles. The fourth-order valence-corrected chi connectivity index (χ4v) is 2.40. The molecule has 0 radical (unpaired) electrons. The summed E-state index contributed by atoms with van der Waals surface area (Å²) in [5.74, 6) is 0.329. The van der Waals surface area contributed by atoms with Gasteiger partial charge in [-0.05, 0) is 31.2 Å². The molecule has 1 saturated carbocycles. The number of methoxy groups -OCH3 is 1. The van der Waals surface area contributed by atoms with Crippen molar-refractivity contribution in [3.05, 3.63) is 35.9 Å². The Morgan fingerprint density at radius 3 is 2.53 bits per heavy atom. The standard InChI is InChI=1S/C15H20O2/c1-17-15(10-5-11-15)12-14(16)9-8-13-6-3-2-4-7-13/h2-4,6-7H,5,8-12H2,1H3. The predicted molar refractivity (Wildman–Crippen MR) is 68.0 cm³/mol. The number of aryl methyl sites for hydroxylation is 1. The summed E-state index contributed by atoms with van der Waals surface area (Å²) in [6.45, 7) is 0. The molecule has 0 unspecified atom stereocenters. The highest BCUT2D eigenvalue weighted by Gasteiger charge is 2.38. The first-order chi connectivity index (χ1) is 8.24. The van der Waals surface area contributed by atoms with E-state index in [1.165, 1.54) is 12.0 Å². The molecule has 1 aliphatic rings. The molecule has 2 nitrogen and oxygen atoms in total. The van der Waals surface area contributed by atoms with E-state index in [1.54, 1.807) is 7.11 Å². The maximum Gasteiger partial charge on any atom is 0.136 e. The van der Waals surface area contributed by atoms with Crippen molar-refractivity contribution in [3.8, 4) is 0 Å². The van der Waals surface area contributed by atoms with E-state index in [1.807, 2.05) is 18.2 Å². The third-order valence-electron chi connectivity index (χ3n) is 3.75. The van der Waals surface area contributed by atoms with Gasteiger partial charge in [-0.2, -0.15) is 0 Å². The first kappa shape index (κ1) is 12.3. The first-order valence-corrected chi connectivity index (χ1v) is 6.35. The molecule has 0 aliphatic heterocycles. The fourth-order valence-electron chi connectivity index (χ4n) is 2.40. The van der Waals surface area contributed by atoms with E-state index in [9.17, 15) is 4.79 Å². The summed E-state index contributed by atoms with van der Waals surface area (Å²) in [5.41, 5.74) is 1.12. The van der Waals surface area contributed by atoms with Gasteiger partial charge in [0.15, 0.2) is 0 Å². The van der Waals surface area contributed by atoms with Gasteiger partial charge in [0, 0.05) is 20.0 Å². The van der Waals surface area contributed by atoms with Crippen LogP contribution < -0.4 is 0 Å². The van der Waals surface area contributed by atoms with Crippen LogP contribution in [0.25, 0.3) is 0 Å². The third kappa shape index (κ3) is 3.16. The Morgan fingerprint density at radius 1 is 1.29 bits per heavy atom. The Labute approximate surface area is 103 Å². The number of ether oxygens (including phenoxy) is 1. The summed E-state index contributed by atoms with van der Waals surface area (Å²) in [7, 11) is 1.73. The van der Waals surface area contributed by atoms with Crippen LogP contribution in [0, 0.1) is 0 Å². The van der Waals surface area contributed by atoms with E-state index in [0.717, 1.165) is 19.3 Å². The van der Waals surface area contributed by atoms with Crippen LogP contribution in [-0.2, 0) is 16.0 Å². The zero-order chi connectivity index (χ0) is 12.1.